The van der Waals surface area contributed by atoms with Gasteiger partial charge in [-0.15, -0.1) is 0 Å². The first-order chi connectivity index (χ1) is 6.34. The molecule has 0 rings (SSSR count). The Morgan fingerprint density at radius 3 is 2.14 bits per heavy atom. The van der Waals surface area contributed by atoms with E-state index in [0.29, 0.717) is 0 Å². The molecule has 2 atom stereocenters. The number of carbonyl (C=O) groups is 3. The van der Waals surface area contributed by atoms with Gasteiger partial charge in [0.05, 0.1) is 24.4 Å². The average Bonchev–Trinajstić information content (AvgIpc) is 2.03. The SMILES string of the molecule is C[C@H](NC(=O)C[C@H]([NH3+])C(=O)[O-])C(=O)[O-]. The summed E-state index contributed by atoms with van der Waals surface area (Å²) < 4.78 is 0. The normalized spacial score (nSPS) is 14.1. The van der Waals surface area contributed by atoms with Crippen LogP contribution in [0.15, 0.2) is 0 Å². The lowest BCUT2D eigenvalue weighted by atomic mass is 10.2. The molecule has 0 fully saturated rings. The first kappa shape index (κ1) is 12.4. The van der Waals surface area contributed by atoms with E-state index < -0.39 is 36.4 Å². The molecule has 0 aliphatic heterocycles. The number of carbonyl (C=O) groups excluding carboxylic acids is 3. The van der Waals surface area contributed by atoms with Crippen LogP contribution in [0.5, 0.6) is 0 Å². The molecule has 0 saturated heterocycles. The van der Waals surface area contributed by atoms with E-state index in [1.165, 1.54) is 6.92 Å². The Morgan fingerprint density at radius 1 is 1.29 bits per heavy atom. The maximum absolute atomic E-state index is 10.9. The second kappa shape index (κ2) is 5.18. The molecule has 0 bridgehead atoms. The highest BCUT2D eigenvalue weighted by Gasteiger charge is 2.15. The van der Waals surface area contributed by atoms with Crippen LogP contribution in [0.25, 0.3) is 0 Å². The van der Waals surface area contributed by atoms with E-state index in [1.54, 1.807) is 0 Å². The second-order valence-corrected chi connectivity index (χ2v) is 2.83. The Kier molecular flexibility index (Phi) is 4.57. The highest BCUT2D eigenvalue weighted by atomic mass is 16.4. The van der Waals surface area contributed by atoms with Gasteiger partial charge in [0.25, 0.3) is 0 Å². The molecule has 0 aliphatic carbocycles. The first-order valence-corrected chi connectivity index (χ1v) is 3.88. The van der Waals surface area contributed by atoms with E-state index in [9.17, 15) is 24.6 Å². The van der Waals surface area contributed by atoms with Crippen LogP contribution in [0.3, 0.4) is 0 Å². The third kappa shape index (κ3) is 4.41. The lowest BCUT2D eigenvalue weighted by Crippen LogP contribution is -2.69. The van der Waals surface area contributed by atoms with E-state index in [2.05, 4.69) is 5.73 Å². The fourth-order valence-corrected chi connectivity index (χ4v) is 0.666. The summed E-state index contributed by atoms with van der Waals surface area (Å²) in [6.45, 7) is 1.21. The van der Waals surface area contributed by atoms with Crippen molar-refractivity contribution < 1.29 is 30.3 Å². The standard InChI is InChI=1S/C7H12N2O5/c1-3(6(11)12)9-5(10)2-4(8)7(13)14/h3-4H,2,8H2,1H3,(H,9,10)(H,11,12)(H,13,14)/p-1/t3-,4-/m0/s1. The van der Waals surface area contributed by atoms with Crippen molar-refractivity contribution >= 4 is 17.8 Å². The van der Waals surface area contributed by atoms with Gasteiger partial charge in [0.2, 0.25) is 5.91 Å². The fraction of sp³-hybridized carbons (Fsp3) is 0.571. The van der Waals surface area contributed by atoms with Crippen LogP contribution in [0.1, 0.15) is 13.3 Å². The summed E-state index contributed by atoms with van der Waals surface area (Å²) >= 11 is 0. The number of hydrogen-bond donors (Lipinski definition) is 2. The minimum absolute atomic E-state index is 0.417. The van der Waals surface area contributed by atoms with Crippen molar-refractivity contribution in [2.75, 3.05) is 0 Å². The van der Waals surface area contributed by atoms with Gasteiger partial charge in [0.15, 0.2) is 0 Å². The topological polar surface area (TPSA) is 137 Å². The number of carboxylic acid groups (broad SMARTS) is 2. The molecule has 7 nitrogen and oxygen atoms in total. The van der Waals surface area contributed by atoms with Crippen LogP contribution in [0.2, 0.25) is 0 Å². The van der Waals surface area contributed by atoms with E-state index in [0.717, 1.165) is 0 Å². The third-order valence-corrected chi connectivity index (χ3v) is 1.50. The maximum Gasteiger partial charge on any atom is 0.226 e. The van der Waals surface area contributed by atoms with Crippen LogP contribution in [0, 0.1) is 0 Å². The minimum atomic E-state index is -1.46. The van der Waals surface area contributed by atoms with Crippen molar-refractivity contribution in [2.24, 2.45) is 0 Å². The van der Waals surface area contributed by atoms with Gasteiger partial charge in [0.1, 0.15) is 6.04 Å². The summed E-state index contributed by atoms with van der Waals surface area (Å²) in [5.41, 5.74) is 3.14. The van der Waals surface area contributed by atoms with Gasteiger partial charge in [-0.2, -0.15) is 0 Å². The van der Waals surface area contributed by atoms with E-state index in [-0.39, 0.29) is 0 Å². The van der Waals surface area contributed by atoms with Crippen LogP contribution >= 0.6 is 0 Å². The molecule has 0 heterocycles. The molecule has 0 aliphatic rings. The molecule has 0 saturated carbocycles. The first-order valence-electron chi connectivity index (χ1n) is 3.88. The summed E-state index contributed by atoms with van der Waals surface area (Å²) in [4.78, 5) is 31.3. The molecule has 0 aromatic carbocycles. The lowest BCUT2D eigenvalue weighted by molar-refractivity contribution is -0.436. The minimum Gasteiger partial charge on any atom is -0.548 e. The third-order valence-electron chi connectivity index (χ3n) is 1.50. The van der Waals surface area contributed by atoms with Crippen molar-refractivity contribution in [2.45, 2.75) is 25.4 Å². The quantitative estimate of drug-likeness (QED) is 0.460. The van der Waals surface area contributed by atoms with Gasteiger partial charge < -0.3 is 30.9 Å². The highest BCUT2D eigenvalue weighted by Crippen LogP contribution is 1.87. The zero-order valence-electron chi connectivity index (χ0n) is 7.61. The summed E-state index contributed by atoms with van der Waals surface area (Å²) in [5.74, 6) is -3.61. The zero-order chi connectivity index (χ0) is 11.3. The molecule has 0 aromatic rings. The molecule has 0 radical (unpaired) electrons. The number of quaternary nitrogens is 1. The Labute approximate surface area is 79.9 Å². The molecule has 4 N–H and O–H groups in total. The number of carboxylic acids is 2. The van der Waals surface area contributed by atoms with Gasteiger partial charge >= 0.3 is 0 Å². The van der Waals surface area contributed by atoms with Crippen molar-refractivity contribution in [3.8, 4) is 0 Å². The van der Waals surface area contributed by atoms with Gasteiger partial charge in [-0.3, -0.25) is 4.79 Å². The number of aliphatic carboxylic acids is 2. The predicted octanol–water partition coefficient (Wildman–Crippen LogP) is -5.01. The predicted molar refractivity (Wildman–Crippen MR) is 38.9 cm³/mol. The molecular weight excluding hydrogens is 192 g/mol. The summed E-state index contributed by atoms with van der Waals surface area (Å²) in [7, 11) is 0. The summed E-state index contributed by atoms with van der Waals surface area (Å²) in [6, 6.07) is -2.35. The Hall–Kier alpha value is -1.63. The van der Waals surface area contributed by atoms with Crippen molar-refractivity contribution in [1.82, 2.24) is 5.32 Å². The van der Waals surface area contributed by atoms with Crippen LogP contribution in [0.4, 0.5) is 0 Å². The largest absolute Gasteiger partial charge is 0.548 e. The highest BCUT2D eigenvalue weighted by molar-refractivity contribution is 5.85. The number of rotatable bonds is 5. The lowest BCUT2D eigenvalue weighted by Gasteiger charge is -2.15. The number of hydrogen-bond acceptors (Lipinski definition) is 5. The fourth-order valence-electron chi connectivity index (χ4n) is 0.666. The monoisotopic (exact) mass is 203 g/mol. The average molecular weight is 203 g/mol. The molecule has 1 amide bonds. The molecule has 7 heteroatoms. The Balaban J connectivity index is 3.99. The van der Waals surface area contributed by atoms with Crippen LogP contribution in [-0.4, -0.2) is 29.9 Å². The van der Waals surface area contributed by atoms with E-state index >= 15 is 0 Å². The van der Waals surface area contributed by atoms with Gasteiger partial charge in [-0.05, 0) is 6.92 Å². The molecule has 0 spiro atoms. The van der Waals surface area contributed by atoms with Gasteiger partial charge in [0, 0.05) is 0 Å². The van der Waals surface area contributed by atoms with Crippen LogP contribution < -0.4 is 21.3 Å². The molecule has 0 unspecified atom stereocenters. The zero-order valence-corrected chi connectivity index (χ0v) is 7.61. The number of amides is 1. The molecule has 0 aromatic heterocycles. The second-order valence-electron chi connectivity index (χ2n) is 2.83. The maximum atomic E-state index is 10.9. The Morgan fingerprint density at radius 2 is 1.79 bits per heavy atom. The van der Waals surface area contributed by atoms with Crippen LogP contribution in [-0.2, 0) is 14.4 Å². The van der Waals surface area contributed by atoms with Crippen molar-refractivity contribution in [3.05, 3.63) is 0 Å². The number of nitrogens with one attached hydrogen (secondary N) is 1. The summed E-state index contributed by atoms with van der Waals surface area (Å²) in [5, 5.41) is 22.4. The summed E-state index contributed by atoms with van der Waals surface area (Å²) in [6.07, 6.45) is -0.417. The van der Waals surface area contributed by atoms with Crippen molar-refractivity contribution in [1.29, 1.82) is 0 Å². The van der Waals surface area contributed by atoms with E-state index in [4.69, 9.17) is 0 Å². The molecule has 80 valence electrons. The van der Waals surface area contributed by atoms with Gasteiger partial charge in [-0.1, -0.05) is 0 Å². The van der Waals surface area contributed by atoms with Gasteiger partial charge in [-0.25, -0.2) is 0 Å². The van der Waals surface area contributed by atoms with Crippen molar-refractivity contribution in [3.63, 3.8) is 0 Å². The Bertz CT molecular complexity index is 228. The smallest absolute Gasteiger partial charge is 0.226 e. The molecule has 14 heavy (non-hydrogen) atoms. The van der Waals surface area contributed by atoms with E-state index in [1.807, 2.05) is 5.32 Å². The molecular formula is C7H11N2O5-.